The fourth-order valence-electron chi connectivity index (χ4n) is 3.30. The van der Waals surface area contributed by atoms with E-state index in [4.69, 9.17) is 4.74 Å². The summed E-state index contributed by atoms with van der Waals surface area (Å²) in [5.74, 6) is -1.80. The molecule has 0 saturated carbocycles. The summed E-state index contributed by atoms with van der Waals surface area (Å²) < 4.78 is 10.4. The van der Waals surface area contributed by atoms with Crippen molar-refractivity contribution in [3.8, 4) is 0 Å². The number of β-lactam (4-membered cyclic amide) rings is 1. The normalized spacial score (nSPS) is 27.7. The molecule has 2 fully saturated rings. The highest BCUT2D eigenvalue weighted by atomic mass is 32.2. The van der Waals surface area contributed by atoms with E-state index in [9.17, 15) is 19.5 Å². The molecule has 1 N–H and O–H groups in total. The van der Waals surface area contributed by atoms with Crippen LogP contribution in [0.2, 0.25) is 0 Å². The van der Waals surface area contributed by atoms with Gasteiger partial charge in [0.15, 0.2) is 0 Å². The lowest BCUT2D eigenvalue weighted by Crippen LogP contribution is -2.60. The Morgan fingerprint density at radius 3 is 2.89 bits per heavy atom. The SMILES string of the molecule is CC(=O)OCOC(=O)C1(CCCn2cnnn2)CN2C(=O)[C@H]([C@@H](C)O)[C@H]2S1. The summed E-state index contributed by atoms with van der Waals surface area (Å²) in [5.41, 5.74) is 0. The van der Waals surface area contributed by atoms with Crippen LogP contribution in [0.4, 0.5) is 0 Å². The molecule has 2 aliphatic rings. The van der Waals surface area contributed by atoms with Crippen LogP contribution >= 0.6 is 11.8 Å². The van der Waals surface area contributed by atoms with Gasteiger partial charge in [-0.25, -0.2) is 4.68 Å². The molecule has 3 heterocycles. The summed E-state index contributed by atoms with van der Waals surface area (Å²) in [4.78, 5) is 37.5. The van der Waals surface area contributed by atoms with Crippen LogP contribution in [0.5, 0.6) is 0 Å². The van der Waals surface area contributed by atoms with Crippen molar-refractivity contribution >= 4 is 29.6 Å². The highest BCUT2D eigenvalue weighted by molar-refractivity contribution is 8.02. The number of aliphatic hydroxyl groups excluding tert-OH is 1. The van der Waals surface area contributed by atoms with E-state index in [1.165, 1.54) is 25.0 Å². The average Bonchev–Trinajstić information content (AvgIpc) is 3.21. The number of aromatic nitrogens is 4. The van der Waals surface area contributed by atoms with Crippen molar-refractivity contribution < 1.29 is 29.0 Å². The van der Waals surface area contributed by atoms with Crippen LogP contribution in [0.15, 0.2) is 6.33 Å². The van der Waals surface area contributed by atoms with Crippen molar-refractivity contribution in [2.75, 3.05) is 13.3 Å². The molecule has 4 atom stereocenters. The Balaban J connectivity index is 1.68. The second-order valence-corrected chi connectivity index (χ2v) is 8.10. The quantitative estimate of drug-likeness (QED) is 0.335. The number of thioether (sulfide) groups is 1. The van der Waals surface area contributed by atoms with Crippen molar-refractivity contribution in [2.45, 2.75) is 49.5 Å². The van der Waals surface area contributed by atoms with Crippen LogP contribution in [-0.4, -0.2) is 77.6 Å². The molecule has 0 aliphatic carbocycles. The fraction of sp³-hybridized carbons (Fsp3) is 0.733. The third kappa shape index (κ3) is 3.90. The van der Waals surface area contributed by atoms with E-state index in [2.05, 4.69) is 20.3 Å². The molecule has 2 aliphatic heterocycles. The third-order valence-corrected chi connectivity index (χ3v) is 6.40. The molecule has 0 radical (unpaired) electrons. The molecule has 11 nitrogen and oxygen atoms in total. The van der Waals surface area contributed by atoms with Crippen molar-refractivity contribution in [1.29, 1.82) is 0 Å². The third-order valence-electron chi connectivity index (χ3n) is 4.66. The zero-order valence-corrected chi connectivity index (χ0v) is 15.8. The maximum atomic E-state index is 12.8. The molecule has 1 aromatic rings. The Morgan fingerprint density at radius 1 is 1.48 bits per heavy atom. The van der Waals surface area contributed by atoms with E-state index in [1.807, 2.05) is 0 Å². The zero-order chi connectivity index (χ0) is 19.6. The summed E-state index contributed by atoms with van der Waals surface area (Å²) in [7, 11) is 0. The molecule has 2 saturated heterocycles. The number of nitrogens with zero attached hydrogens (tertiary/aromatic N) is 5. The smallest absolute Gasteiger partial charge is 0.327 e. The van der Waals surface area contributed by atoms with Gasteiger partial charge in [0.2, 0.25) is 12.7 Å². The monoisotopic (exact) mass is 399 g/mol. The number of hydrogen-bond donors (Lipinski definition) is 1. The molecule has 1 unspecified atom stereocenters. The Labute approximate surface area is 159 Å². The first-order chi connectivity index (χ1) is 12.8. The average molecular weight is 399 g/mol. The molecular formula is C15H21N5O6S. The first-order valence-corrected chi connectivity index (χ1v) is 9.40. The van der Waals surface area contributed by atoms with E-state index in [0.717, 1.165) is 0 Å². The van der Waals surface area contributed by atoms with Crippen molar-refractivity contribution in [1.82, 2.24) is 25.1 Å². The zero-order valence-electron chi connectivity index (χ0n) is 15.0. The van der Waals surface area contributed by atoms with Gasteiger partial charge in [0, 0.05) is 20.0 Å². The van der Waals surface area contributed by atoms with Gasteiger partial charge in [-0.1, -0.05) is 0 Å². The molecular weight excluding hydrogens is 378 g/mol. The predicted molar refractivity (Wildman–Crippen MR) is 90.8 cm³/mol. The van der Waals surface area contributed by atoms with Crippen molar-refractivity contribution in [2.24, 2.45) is 5.92 Å². The molecule has 27 heavy (non-hydrogen) atoms. The predicted octanol–water partition coefficient (Wildman–Crippen LogP) is -0.832. The molecule has 0 aromatic carbocycles. The number of amides is 1. The minimum Gasteiger partial charge on any atom is -0.428 e. The van der Waals surface area contributed by atoms with Crippen molar-refractivity contribution in [3.63, 3.8) is 0 Å². The number of tetrazole rings is 1. The summed E-state index contributed by atoms with van der Waals surface area (Å²) in [6, 6.07) is 0. The number of hydrogen-bond acceptors (Lipinski definition) is 10. The second kappa shape index (κ2) is 7.80. The summed E-state index contributed by atoms with van der Waals surface area (Å²) in [5, 5.41) is 20.5. The Bertz CT molecular complexity index is 714. The van der Waals surface area contributed by atoms with Gasteiger partial charge in [0.1, 0.15) is 11.1 Å². The lowest BCUT2D eigenvalue weighted by Gasteiger charge is -2.42. The van der Waals surface area contributed by atoms with Gasteiger partial charge in [-0.2, -0.15) is 0 Å². The van der Waals surface area contributed by atoms with Gasteiger partial charge in [-0.05, 0) is 30.2 Å². The van der Waals surface area contributed by atoms with Gasteiger partial charge in [0.05, 0.1) is 17.4 Å². The summed E-state index contributed by atoms with van der Waals surface area (Å²) >= 11 is 1.32. The topological polar surface area (TPSA) is 137 Å². The van der Waals surface area contributed by atoms with Gasteiger partial charge in [0.25, 0.3) is 0 Å². The summed E-state index contributed by atoms with van der Waals surface area (Å²) in [6.45, 7) is 3.01. The van der Waals surface area contributed by atoms with E-state index in [1.54, 1.807) is 16.5 Å². The standard InChI is InChI=1S/C15H21N5O6S/c1-9(21)11-12(23)20-6-15(27-13(11)20,14(24)26-8-25-10(2)22)4-3-5-19-7-16-17-18-19/h7,9,11,13,21H,3-6,8H2,1-2H3/t9-,11+,13-,15?/m1/s1. The van der Waals surface area contributed by atoms with Crippen LogP contribution in [0.25, 0.3) is 0 Å². The summed E-state index contributed by atoms with van der Waals surface area (Å²) in [6.07, 6.45) is 1.69. The van der Waals surface area contributed by atoms with Crippen LogP contribution in [0.1, 0.15) is 26.7 Å². The number of esters is 2. The molecule has 148 valence electrons. The van der Waals surface area contributed by atoms with E-state index in [-0.39, 0.29) is 17.8 Å². The van der Waals surface area contributed by atoms with Gasteiger partial charge in [-0.3, -0.25) is 14.4 Å². The highest BCUT2D eigenvalue weighted by Gasteiger charge is 2.62. The van der Waals surface area contributed by atoms with Crippen LogP contribution in [0, 0.1) is 5.92 Å². The second-order valence-electron chi connectivity index (χ2n) is 6.60. The lowest BCUT2D eigenvalue weighted by molar-refractivity contribution is -0.168. The largest absolute Gasteiger partial charge is 0.428 e. The number of aryl methyl sites for hydroxylation is 1. The maximum absolute atomic E-state index is 12.8. The number of rotatable bonds is 8. The Morgan fingerprint density at radius 2 is 2.26 bits per heavy atom. The maximum Gasteiger partial charge on any atom is 0.327 e. The van der Waals surface area contributed by atoms with E-state index < -0.39 is 35.5 Å². The van der Waals surface area contributed by atoms with E-state index >= 15 is 0 Å². The van der Waals surface area contributed by atoms with Gasteiger partial charge < -0.3 is 19.5 Å². The van der Waals surface area contributed by atoms with Crippen LogP contribution in [-0.2, 0) is 30.4 Å². The lowest BCUT2D eigenvalue weighted by atomic mass is 9.91. The van der Waals surface area contributed by atoms with Crippen LogP contribution in [0.3, 0.4) is 0 Å². The number of aliphatic hydroxyl groups is 1. The molecule has 3 rings (SSSR count). The fourth-order valence-corrected chi connectivity index (χ4v) is 5.19. The number of fused-ring (bicyclic) bond motifs is 1. The van der Waals surface area contributed by atoms with Crippen LogP contribution < -0.4 is 0 Å². The Kier molecular flexibility index (Phi) is 5.65. The molecule has 12 heteroatoms. The highest BCUT2D eigenvalue weighted by Crippen LogP contribution is 2.52. The molecule has 0 bridgehead atoms. The van der Waals surface area contributed by atoms with Gasteiger partial charge in [-0.15, -0.1) is 16.9 Å². The molecule has 0 spiro atoms. The Hall–Kier alpha value is -2.21. The van der Waals surface area contributed by atoms with Crippen molar-refractivity contribution in [3.05, 3.63) is 6.33 Å². The minimum absolute atomic E-state index is 0.169. The number of carbonyl (C=O) groups is 3. The molecule has 1 amide bonds. The number of ether oxygens (including phenoxy) is 2. The molecule has 1 aromatic heterocycles. The first-order valence-electron chi connectivity index (χ1n) is 8.52. The number of carbonyl (C=O) groups excluding carboxylic acids is 3. The van der Waals surface area contributed by atoms with Gasteiger partial charge >= 0.3 is 11.9 Å². The first kappa shape index (κ1) is 19.5. The minimum atomic E-state index is -0.988. The van der Waals surface area contributed by atoms with E-state index in [0.29, 0.717) is 19.4 Å².